The van der Waals surface area contributed by atoms with Crippen molar-refractivity contribution in [1.29, 1.82) is 5.26 Å². The van der Waals surface area contributed by atoms with Gasteiger partial charge in [0, 0.05) is 0 Å². The number of phenolic OH excluding ortho intramolecular Hbond substituents is 1. The van der Waals surface area contributed by atoms with Crippen molar-refractivity contribution in [1.82, 2.24) is 0 Å². The molecule has 0 fully saturated rings. The van der Waals surface area contributed by atoms with Crippen LogP contribution in [0.5, 0.6) is 5.75 Å². The van der Waals surface area contributed by atoms with E-state index in [1.54, 1.807) is 6.07 Å². The lowest BCUT2D eigenvalue weighted by atomic mass is 10.1. The summed E-state index contributed by atoms with van der Waals surface area (Å²) in [5, 5.41) is 21.2. The first-order valence-electron chi connectivity index (χ1n) is 3.53. The Morgan fingerprint density at radius 3 is 3.00 bits per heavy atom. The number of hydrogen-bond acceptors (Lipinski definition) is 3. The van der Waals surface area contributed by atoms with Crippen LogP contribution in [0.4, 0.5) is 0 Å². The minimum atomic E-state index is -0.126. The van der Waals surface area contributed by atoms with E-state index in [4.69, 9.17) is 16.9 Å². The van der Waals surface area contributed by atoms with E-state index in [2.05, 4.69) is 0 Å². The summed E-state index contributed by atoms with van der Waals surface area (Å²) in [6.07, 6.45) is 0. The summed E-state index contributed by atoms with van der Waals surface area (Å²) < 4.78 is 0.782. The Kier molecular flexibility index (Phi) is 1.87. The van der Waals surface area contributed by atoms with E-state index in [1.165, 1.54) is 11.3 Å². The van der Waals surface area contributed by atoms with E-state index < -0.39 is 0 Å². The molecule has 0 aliphatic heterocycles. The van der Waals surface area contributed by atoms with Gasteiger partial charge in [0.25, 0.3) is 0 Å². The molecule has 2 nitrogen and oxygen atoms in total. The number of aromatic hydroxyl groups is 1. The predicted molar refractivity (Wildman–Crippen MR) is 53.2 cm³/mol. The zero-order valence-electron chi connectivity index (χ0n) is 6.41. The molecule has 0 atom stereocenters. The molecule has 0 aliphatic rings. The monoisotopic (exact) mass is 209 g/mol. The van der Waals surface area contributed by atoms with Crippen molar-refractivity contribution < 1.29 is 5.11 Å². The molecular formula is C9H4ClNOS. The molecule has 2 rings (SSSR count). The number of halogens is 1. The van der Waals surface area contributed by atoms with Crippen LogP contribution < -0.4 is 0 Å². The van der Waals surface area contributed by atoms with Gasteiger partial charge in [-0.2, -0.15) is 5.26 Å². The van der Waals surface area contributed by atoms with Crippen molar-refractivity contribution in [3.8, 4) is 11.8 Å². The number of nitrogens with zero attached hydrogens (tertiary/aromatic N) is 1. The van der Waals surface area contributed by atoms with Gasteiger partial charge in [-0.15, -0.1) is 11.3 Å². The highest BCUT2D eigenvalue weighted by molar-refractivity contribution is 7.17. The first-order valence-corrected chi connectivity index (χ1v) is 4.78. The van der Waals surface area contributed by atoms with Crippen LogP contribution in [0.1, 0.15) is 5.56 Å². The zero-order chi connectivity index (χ0) is 9.42. The molecule has 2 aromatic rings. The number of phenols is 1. The van der Waals surface area contributed by atoms with Crippen molar-refractivity contribution in [3.05, 3.63) is 28.1 Å². The van der Waals surface area contributed by atoms with Gasteiger partial charge in [-0.25, -0.2) is 0 Å². The fraction of sp³-hybridized carbons (Fsp3) is 0. The van der Waals surface area contributed by atoms with Gasteiger partial charge in [0.2, 0.25) is 0 Å². The lowest BCUT2D eigenvalue weighted by Crippen LogP contribution is -1.78. The van der Waals surface area contributed by atoms with E-state index in [1.807, 2.05) is 17.5 Å². The normalized spacial score (nSPS) is 10.2. The molecule has 1 N–H and O–H groups in total. The molecule has 1 aromatic carbocycles. The molecule has 0 amide bonds. The van der Waals surface area contributed by atoms with Crippen molar-refractivity contribution in [2.24, 2.45) is 0 Å². The summed E-state index contributed by atoms with van der Waals surface area (Å²) in [6.45, 7) is 0. The van der Waals surface area contributed by atoms with Gasteiger partial charge in [-0.05, 0) is 22.9 Å². The minimum absolute atomic E-state index is 0.126. The maximum absolute atomic E-state index is 9.47. The van der Waals surface area contributed by atoms with E-state index in [9.17, 15) is 5.11 Å². The molecule has 0 saturated carbocycles. The molecular weight excluding hydrogens is 206 g/mol. The molecule has 0 saturated heterocycles. The van der Waals surface area contributed by atoms with Crippen LogP contribution in [-0.2, 0) is 0 Å². The summed E-state index contributed by atoms with van der Waals surface area (Å²) in [5.41, 5.74) is 0.262. The predicted octanol–water partition coefficient (Wildman–Crippen LogP) is 3.13. The first kappa shape index (κ1) is 8.36. The van der Waals surface area contributed by atoms with Crippen LogP contribution in [0.3, 0.4) is 0 Å². The second-order valence-corrected chi connectivity index (χ2v) is 3.86. The third-order valence-corrected chi connectivity index (χ3v) is 3.02. The number of hydrogen-bond donors (Lipinski definition) is 1. The van der Waals surface area contributed by atoms with Gasteiger partial charge < -0.3 is 5.11 Å². The van der Waals surface area contributed by atoms with Crippen molar-refractivity contribution in [3.63, 3.8) is 0 Å². The molecule has 0 unspecified atom stereocenters. The summed E-state index contributed by atoms with van der Waals surface area (Å²) in [5.74, 6) is -0.126. The maximum atomic E-state index is 9.47. The Morgan fingerprint density at radius 2 is 2.31 bits per heavy atom. The summed E-state index contributed by atoms with van der Waals surface area (Å²) in [7, 11) is 0. The standard InChI is InChI=1S/C9H4ClNOS/c10-7-3-5-1-2-13-9(5)6(4-11)8(7)12/h1-3,12H. The molecule has 4 heteroatoms. The van der Waals surface area contributed by atoms with Gasteiger partial charge >= 0.3 is 0 Å². The average molecular weight is 210 g/mol. The SMILES string of the molecule is N#Cc1c(O)c(Cl)cc2ccsc12. The number of thiophene rings is 1. The Labute approximate surface area is 83.6 Å². The first-order chi connectivity index (χ1) is 6.24. The lowest BCUT2D eigenvalue weighted by molar-refractivity contribution is 0.475. The summed E-state index contributed by atoms with van der Waals surface area (Å²) in [4.78, 5) is 0. The molecule has 0 bridgehead atoms. The van der Waals surface area contributed by atoms with Crippen molar-refractivity contribution in [2.75, 3.05) is 0 Å². The van der Waals surface area contributed by atoms with Crippen molar-refractivity contribution >= 4 is 33.0 Å². The molecule has 1 heterocycles. The molecule has 0 spiro atoms. The highest BCUT2D eigenvalue weighted by Gasteiger charge is 2.11. The fourth-order valence-corrected chi connectivity index (χ4v) is 2.26. The Morgan fingerprint density at radius 1 is 1.54 bits per heavy atom. The van der Waals surface area contributed by atoms with Gasteiger partial charge in [-0.1, -0.05) is 11.6 Å². The third kappa shape index (κ3) is 1.15. The van der Waals surface area contributed by atoms with Crippen LogP contribution in [0.2, 0.25) is 5.02 Å². The second-order valence-electron chi connectivity index (χ2n) is 2.53. The largest absolute Gasteiger partial charge is 0.505 e. The van der Waals surface area contributed by atoms with Crippen LogP contribution in [-0.4, -0.2) is 5.11 Å². The smallest absolute Gasteiger partial charge is 0.153 e. The number of fused-ring (bicyclic) bond motifs is 1. The molecule has 64 valence electrons. The van der Waals surface area contributed by atoms with Gasteiger partial charge in [-0.3, -0.25) is 0 Å². The maximum Gasteiger partial charge on any atom is 0.153 e. The van der Waals surface area contributed by atoms with Gasteiger partial charge in [0.1, 0.15) is 11.6 Å². The van der Waals surface area contributed by atoms with Gasteiger partial charge in [0.05, 0.1) is 9.72 Å². The Bertz CT molecular complexity index is 512. The number of nitriles is 1. The minimum Gasteiger partial charge on any atom is -0.505 e. The molecule has 1 aromatic heterocycles. The van der Waals surface area contributed by atoms with E-state index >= 15 is 0 Å². The van der Waals surface area contributed by atoms with E-state index in [-0.39, 0.29) is 16.3 Å². The topological polar surface area (TPSA) is 44.0 Å². The number of benzene rings is 1. The van der Waals surface area contributed by atoms with Crippen LogP contribution in [0.15, 0.2) is 17.5 Å². The average Bonchev–Trinajstić information content (AvgIpc) is 2.54. The van der Waals surface area contributed by atoms with Crippen LogP contribution in [0.25, 0.3) is 10.1 Å². The Hall–Kier alpha value is -1.24. The molecule has 0 aliphatic carbocycles. The van der Waals surface area contributed by atoms with Gasteiger partial charge in [0.15, 0.2) is 5.75 Å². The molecule has 13 heavy (non-hydrogen) atoms. The Balaban J connectivity index is 2.98. The summed E-state index contributed by atoms with van der Waals surface area (Å²) >= 11 is 7.15. The second kappa shape index (κ2) is 2.91. The highest BCUT2D eigenvalue weighted by atomic mass is 35.5. The number of rotatable bonds is 0. The van der Waals surface area contributed by atoms with Crippen LogP contribution in [0, 0.1) is 11.3 Å². The lowest BCUT2D eigenvalue weighted by Gasteiger charge is -1.99. The third-order valence-electron chi connectivity index (χ3n) is 1.78. The van der Waals surface area contributed by atoms with E-state index in [0.717, 1.165) is 10.1 Å². The van der Waals surface area contributed by atoms with Crippen LogP contribution >= 0.6 is 22.9 Å². The quantitative estimate of drug-likeness (QED) is 0.725. The molecule has 0 radical (unpaired) electrons. The highest BCUT2D eigenvalue weighted by Crippen LogP contribution is 2.36. The summed E-state index contributed by atoms with van der Waals surface area (Å²) in [6, 6.07) is 5.46. The fourth-order valence-electron chi connectivity index (χ4n) is 1.17. The zero-order valence-corrected chi connectivity index (χ0v) is 7.99. The van der Waals surface area contributed by atoms with E-state index in [0.29, 0.717) is 0 Å². The van der Waals surface area contributed by atoms with Crippen molar-refractivity contribution in [2.45, 2.75) is 0 Å².